The van der Waals surface area contributed by atoms with Crippen molar-refractivity contribution in [2.24, 2.45) is 0 Å². The molecule has 1 aromatic heterocycles. The Labute approximate surface area is 142 Å². The summed E-state index contributed by atoms with van der Waals surface area (Å²) in [4.78, 5) is 25.7. The molecule has 0 saturated heterocycles. The number of nitro groups is 1. The van der Waals surface area contributed by atoms with E-state index < -0.39 is 4.92 Å². The van der Waals surface area contributed by atoms with E-state index in [1.54, 1.807) is 28.4 Å². The second-order valence-electron chi connectivity index (χ2n) is 5.18. The van der Waals surface area contributed by atoms with Crippen LogP contribution in [0.4, 0.5) is 5.69 Å². The van der Waals surface area contributed by atoms with Gasteiger partial charge in [-0.15, -0.1) is 11.3 Å². The maximum Gasteiger partial charge on any atom is 0.288 e. The fraction of sp³-hybridized carbons (Fsp3) is 0.188. The van der Waals surface area contributed by atoms with E-state index in [-0.39, 0.29) is 16.6 Å². The first-order valence-corrected chi connectivity index (χ1v) is 8.26. The van der Waals surface area contributed by atoms with Gasteiger partial charge >= 0.3 is 0 Å². The maximum atomic E-state index is 12.3. The van der Waals surface area contributed by atoms with E-state index in [9.17, 15) is 14.9 Å². The molecule has 7 heteroatoms. The third-order valence-electron chi connectivity index (χ3n) is 3.70. The van der Waals surface area contributed by atoms with E-state index in [4.69, 9.17) is 11.6 Å². The highest BCUT2D eigenvalue weighted by molar-refractivity contribution is 7.10. The zero-order valence-corrected chi connectivity index (χ0v) is 13.6. The number of hydrogen-bond acceptors (Lipinski definition) is 4. The number of benzene rings is 1. The number of amides is 1. The lowest BCUT2D eigenvalue weighted by Crippen LogP contribution is -2.34. The van der Waals surface area contributed by atoms with Crippen LogP contribution in [-0.4, -0.2) is 22.3 Å². The van der Waals surface area contributed by atoms with Crippen molar-refractivity contribution in [3.8, 4) is 0 Å². The monoisotopic (exact) mass is 348 g/mol. The smallest absolute Gasteiger partial charge is 0.288 e. The van der Waals surface area contributed by atoms with Crippen LogP contribution in [0.5, 0.6) is 0 Å². The average Bonchev–Trinajstić information content (AvgIpc) is 3.01. The molecular formula is C16H13ClN2O3S. The maximum absolute atomic E-state index is 12.3. The minimum absolute atomic E-state index is 0.0829. The number of hydrogen-bond donors (Lipinski definition) is 0. The van der Waals surface area contributed by atoms with Crippen molar-refractivity contribution in [3.63, 3.8) is 0 Å². The highest BCUT2D eigenvalue weighted by Crippen LogP contribution is 2.26. The summed E-state index contributed by atoms with van der Waals surface area (Å²) in [7, 11) is 0. The van der Waals surface area contributed by atoms with Gasteiger partial charge in [-0.3, -0.25) is 14.9 Å². The van der Waals surface area contributed by atoms with Crippen LogP contribution < -0.4 is 0 Å². The van der Waals surface area contributed by atoms with Gasteiger partial charge in [0.25, 0.3) is 5.69 Å². The molecule has 2 aromatic rings. The number of nitro benzene ring substituents is 1. The van der Waals surface area contributed by atoms with Gasteiger partial charge in [0.05, 0.1) is 4.92 Å². The molecule has 1 aliphatic heterocycles. The Bertz CT molecular complexity index is 800. The molecule has 23 heavy (non-hydrogen) atoms. The molecule has 5 nitrogen and oxygen atoms in total. The van der Waals surface area contributed by atoms with E-state index in [1.165, 1.54) is 28.6 Å². The molecule has 0 unspecified atom stereocenters. The number of carbonyl (C=O) groups excluding carboxylic acids is 1. The molecule has 1 aromatic carbocycles. The molecule has 0 radical (unpaired) electrons. The van der Waals surface area contributed by atoms with Crippen molar-refractivity contribution in [2.75, 3.05) is 6.54 Å². The Balaban J connectivity index is 1.72. The van der Waals surface area contributed by atoms with Crippen molar-refractivity contribution < 1.29 is 9.72 Å². The summed E-state index contributed by atoms with van der Waals surface area (Å²) < 4.78 is 0. The van der Waals surface area contributed by atoms with Crippen molar-refractivity contribution in [1.82, 2.24) is 4.90 Å². The predicted octanol–water partition coefficient (Wildman–Crippen LogP) is 3.91. The molecular weight excluding hydrogens is 336 g/mol. The number of nitrogens with zero attached hydrogens (tertiary/aromatic N) is 2. The number of rotatable bonds is 3. The SMILES string of the molecule is O=C(C=Cc1ccc(Cl)c([N+](=O)[O-])c1)N1CCc2sccc2C1. The second kappa shape index (κ2) is 6.52. The van der Waals surface area contributed by atoms with Gasteiger partial charge in [-0.25, -0.2) is 0 Å². The number of carbonyl (C=O) groups is 1. The summed E-state index contributed by atoms with van der Waals surface area (Å²) in [5, 5.41) is 13.0. The van der Waals surface area contributed by atoms with Gasteiger partial charge in [-0.2, -0.15) is 0 Å². The Morgan fingerprint density at radius 3 is 3.00 bits per heavy atom. The second-order valence-corrected chi connectivity index (χ2v) is 6.59. The van der Waals surface area contributed by atoms with Gasteiger partial charge in [0.15, 0.2) is 0 Å². The lowest BCUT2D eigenvalue weighted by molar-refractivity contribution is -0.384. The first-order chi connectivity index (χ1) is 11.0. The molecule has 118 valence electrons. The van der Waals surface area contributed by atoms with Crippen LogP contribution >= 0.6 is 22.9 Å². The Kier molecular flexibility index (Phi) is 4.45. The van der Waals surface area contributed by atoms with Crippen LogP contribution in [0, 0.1) is 10.1 Å². The molecule has 0 bridgehead atoms. The summed E-state index contributed by atoms with van der Waals surface area (Å²) in [5.41, 5.74) is 1.61. The Morgan fingerprint density at radius 2 is 2.22 bits per heavy atom. The summed E-state index contributed by atoms with van der Waals surface area (Å²) in [6.07, 6.45) is 3.90. The van der Waals surface area contributed by atoms with E-state index in [0.717, 1.165) is 6.42 Å². The molecule has 0 fully saturated rings. The topological polar surface area (TPSA) is 63.4 Å². The van der Waals surface area contributed by atoms with E-state index in [1.807, 2.05) is 11.4 Å². The van der Waals surface area contributed by atoms with Crippen LogP contribution in [0.15, 0.2) is 35.7 Å². The van der Waals surface area contributed by atoms with Gasteiger partial charge in [-0.1, -0.05) is 17.7 Å². The zero-order chi connectivity index (χ0) is 16.4. The number of thiophene rings is 1. The summed E-state index contributed by atoms with van der Waals surface area (Å²) in [6.45, 7) is 1.31. The van der Waals surface area contributed by atoms with E-state index in [0.29, 0.717) is 18.7 Å². The van der Waals surface area contributed by atoms with Crippen LogP contribution in [0.3, 0.4) is 0 Å². The standard InChI is InChI=1S/C16H13ClN2O3S/c17-13-3-1-11(9-14(13)19(21)22)2-4-16(20)18-7-5-15-12(10-18)6-8-23-15/h1-4,6,8-9H,5,7,10H2. The number of halogens is 1. The summed E-state index contributed by atoms with van der Waals surface area (Å²) >= 11 is 7.50. The highest BCUT2D eigenvalue weighted by atomic mass is 35.5. The quantitative estimate of drug-likeness (QED) is 0.480. The molecule has 2 heterocycles. The van der Waals surface area contributed by atoms with E-state index >= 15 is 0 Å². The Hall–Kier alpha value is -2.18. The van der Waals surface area contributed by atoms with Crippen LogP contribution in [0.25, 0.3) is 6.08 Å². The fourth-order valence-electron chi connectivity index (χ4n) is 2.48. The third kappa shape index (κ3) is 3.43. The first kappa shape index (κ1) is 15.7. The van der Waals surface area contributed by atoms with Crippen LogP contribution in [0.1, 0.15) is 16.0 Å². The lowest BCUT2D eigenvalue weighted by Gasteiger charge is -2.25. The first-order valence-electron chi connectivity index (χ1n) is 7.01. The summed E-state index contributed by atoms with van der Waals surface area (Å²) in [6, 6.07) is 6.51. The van der Waals surface area contributed by atoms with Gasteiger partial charge in [0.2, 0.25) is 5.91 Å². The largest absolute Gasteiger partial charge is 0.334 e. The Morgan fingerprint density at radius 1 is 1.39 bits per heavy atom. The molecule has 0 spiro atoms. The van der Waals surface area contributed by atoms with Crippen LogP contribution in [0.2, 0.25) is 5.02 Å². The fourth-order valence-corrected chi connectivity index (χ4v) is 3.56. The molecule has 0 saturated carbocycles. The minimum atomic E-state index is -0.537. The molecule has 1 amide bonds. The summed E-state index contributed by atoms with van der Waals surface area (Å²) in [5.74, 6) is -0.0977. The predicted molar refractivity (Wildman–Crippen MR) is 90.6 cm³/mol. The molecule has 0 N–H and O–H groups in total. The highest BCUT2D eigenvalue weighted by Gasteiger charge is 2.19. The minimum Gasteiger partial charge on any atom is -0.334 e. The average molecular weight is 349 g/mol. The zero-order valence-electron chi connectivity index (χ0n) is 12.1. The van der Waals surface area contributed by atoms with Gasteiger partial charge < -0.3 is 4.90 Å². The van der Waals surface area contributed by atoms with Gasteiger partial charge in [-0.05, 0) is 41.1 Å². The van der Waals surface area contributed by atoms with Crippen molar-refractivity contribution in [2.45, 2.75) is 13.0 Å². The van der Waals surface area contributed by atoms with Crippen molar-refractivity contribution in [3.05, 3.63) is 66.9 Å². The molecule has 0 aliphatic carbocycles. The number of fused-ring (bicyclic) bond motifs is 1. The van der Waals surface area contributed by atoms with Gasteiger partial charge in [0, 0.05) is 30.1 Å². The van der Waals surface area contributed by atoms with E-state index in [2.05, 4.69) is 0 Å². The van der Waals surface area contributed by atoms with Gasteiger partial charge in [0.1, 0.15) is 5.02 Å². The lowest BCUT2D eigenvalue weighted by atomic mass is 10.1. The molecule has 3 rings (SSSR count). The third-order valence-corrected chi connectivity index (χ3v) is 5.05. The van der Waals surface area contributed by atoms with Crippen molar-refractivity contribution in [1.29, 1.82) is 0 Å². The van der Waals surface area contributed by atoms with Crippen LogP contribution in [-0.2, 0) is 17.8 Å². The normalized spacial score (nSPS) is 14.0. The molecule has 1 aliphatic rings. The van der Waals surface area contributed by atoms with Crippen molar-refractivity contribution >= 4 is 40.6 Å². The molecule has 0 atom stereocenters.